The number of rotatable bonds is 8. The van der Waals surface area contributed by atoms with Crippen LogP contribution in [0.15, 0.2) is 54.6 Å². The first-order valence-electron chi connectivity index (χ1n) is 8.12. The highest BCUT2D eigenvalue weighted by atomic mass is 16.5. The van der Waals surface area contributed by atoms with Crippen molar-refractivity contribution in [2.45, 2.75) is 33.3 Å². The topological polar surface area (TPSA) is 75.6 Å². The van der Waals surface area contributed by atoms with Crippen LogP contribution in [0.3, 0.4) is 0 Å². The van der Waals surface area contributed by atoms with E-state index in [1.54, 1.807) is 38.1 Å². The van der Waals surface area contributed by atoms with E-state index in [4.69, 9.17) is 9.84 Å². The fourth-order valence-electron chi connectivity index (χ4n) is 2.49. The van der Waals surface area contributed by atoms with E-state index in [2.05, 4.69) is 5.32 Å². The molecule has 5 nitrogen and oxygen atoms in total. The van der Waals surface area contributed by atoms with Crippen LogP contribution in [0, 0.1) is 5.41 Å². The zero-order valence-electron chi connectivity index (χ0n) is 14.5. The Bertz CT molecular complexity index is 708. The molecule has 2 rings (SSSR count). The van der Waals surface area contributed by atoms with Crippen LogP contribution in [0.1, 0.15) is 32.3 Å². The molecule has 0 aliphatic heterocycles. The Morgan fingerprint density at radius 1 is 1.00 bits per heavy atom. The Labute approximate surface area is 147 Å². The lowest BCUT2D eigenvalue weighted by Gasteiger charge is -2.21. The molecule has 2 aromatic carbocycles. The smallest absolute Gasteiger partial charge is 0.303 e. The minimum atomic E-state index is -0.905. The molecule has 25 heavy (non-hydrogen) atoms. The first-order chi connectivity index (χ1) is 11.8. The molecular formula is C20H23NO4. The maximum absolute atomic E-state index is 12.1. The van der Waals surface area contributed by atoms with Crippen molar-refractivity contribution in [3.63, 3.8) is 0 Å². The minimum Gasteiger partial charge on any atom is -0.489 e. The summed E-state index contributed by atoms with van der Waals surface area (Å²) in [6.07, 6.45) is 0.0955. The Hall–Kier alpha value is -2.82. The lowest BCUT2D eigenvalue weighted by molar-refractivity contribution is -0.139. The van der Waals surface area contributed by atoms with Crippen LogP contribution in [0.5, 0.6) is 5.75 Å². The third kappa shape index (κ3) is 6.67. The Morgan fingerprint density at radius 3 is 2.24 bits per heavy atom. The van der Waals surface area contributed by atoms with Gasteiger partial charge in [-0.3, -0.25) is 9.59 Å². The van der Waals surface area contributed by atoms with E-state index in [-0.39, 0.29) is 18.7 Å². The summed E-state index contributed by atoms with van der Waals surface area (Å²) in [6, 6.07) is 17.0. The summed E-state index contributed by atoms with van der Waals surface area (Å²) in [5.41, 5.74) is 1.15. The van der Waals surface area contributed by atoms with Crippen molar-refractivity contribution in [1.29, 1.82) is 0 Å². The van der Waals surface area contributed by atoms with Gasteiger partial charge in [0.05, 0.1) is 6.42 Å². The van der Waals surface area contributed by atoms with E-state index in [0.717, 1.165) is 5.56 Å². The van der Waals surface area contributed by atoms with Gasteiger partial charge >= 0.3 is 5.97 Å². The van der Waals surface area contributed by atoms with Crippen molar-refractivity contribution in [3.05, 3.63) is 60.2 Å². The summed E-state index contributed by atoms with van der Waals surface area (Å²) < 4.78 is 5.70. The molecule has 0 bridgehead atoms. The summed E-state index contributed by atoms with van der Waals surface area (Å²) in [6.45, 7) is 4.01. The molecule has 0 aliphatic rings. The molecule has 0 aromatic heterocycles. The number of amides is 1. The first-order valence-corrected chi connectivity index (χ1v) is 8.12. The lowest BCUT2D eigenvalue weighted by Crippen LogP contribution is -2.24. The van der Waals surface area contributed by atoms with Gasteiger partial charge in [-0.15, -0.1) is 0 Å². The highest BCUT2D eigenvalue weighted by Gasteiger charge is 2.25. The van der Waals surface area contributed by atoms with Gasteiger partial charge in [0.1, 0.15) is 12.4 Å². The molecule has 2 N–H and O–H groups in total. The average molecular weight is 341 g/mol. The normalized spacial score (nSPS) is 11.0. The number of carbonyl (C=O) groups is 2. The number of carbonyl (C=O) groups excluding carboxylic acids is 1. The minimum absolute atomic E-state index is 0.0489. The van der Waals surface area contributed by atoms with Crippen molar-refractivity contribution in [2.75, 3.05) is 5.32 Å². The van der Waals surface area contributed by atoms with Gasteiger partial charge in [0.25, 0.3) is 0 Å². The molecule has 0 radical (unpaired) electrons. The van der Waals surface area contributed by atoms with Crippen molar-refractivity contribution < 1.29 is 19.4 Å². The monoisotopic (exact) mass is 341 g/mol. The zero-order valence-corrected chi connectivity index (χ0v) is 14.5. The summed E-state index contributed by atoms with van der Waals surface area (Å²) in [5.74, 6) is -0.394. The molecule has 0 saturated heterocycles. The number of carboxylic acid groups (broad SMARTS) is 1. The van der Waals surface area contributed by atoms with Crippen LogP contribution in [-0.4, -0.2) is 17.0 Å². The van der Waals surface area contributed by atoms with Crippen molar-refractivity contribution in [3.8, 4) is 5.75 Å². The second-order valence-electron chi connectivity index (χ2n) is 6.76. The highest BCUT2D eigenvalue weighted by Crippen LogP contribution is 2.26. The second kappa shape index (κ2) is 8.33. The Balaban J connectivity index is 1.85. The maximum Gasteiger partial charge on any atom is 0.303 e. The van der Waals surface area contributed by atoms with Gasteiger partial charge in [-0.05, 0) is 35.2 Å². The van der Waals surface area contributed by atoms with Crippen LogP contribution in [0.2, 0.25) is 0 Å². The molecule has 0 atom stereocenters. The quantitative estimate of drug-likeness (QED) is 0.758. The molecule has 0 unspecified atom stereocenters. The van der Waals surface area contributed by atoms with E-state index in [1.165, 1.54) is 0 Å². The Kier molecular flexibility index (Phi) is 6.17. The number of nitrogens with one attached hydrogen (secondary N) is 1. The standard InChI is InChI=1S/C20H23NO4/c1-20(2,13-19(23)24)12-18(22)21-16-8-10-17(11-9-16)25-14-15-6-4-3-5-7-15/h3-11H,12-14H2,1-2H3,(H,21,22)(H,23,24). The predicted octanol–water partition coefficient (Wildman–Crippen LogP) is 4.10. The molecule has 1 amide bonds. The van der Waals surface area contributed by atoms with Crippen LogP contribution < -0.4 is 10.1 Å². The molecule has 0 heterocycles. The highest BCUT2D eigenvalue weighted by molar-refractivity contribution is 5.91. The number of ether oxygens (including phenoxy) is 1. The van der Waals surface area contributed by atoms with Gasteiger partial charge < -0.3 is 15.2 Å². The van der Waals surface area contributed by atoms with Crippen LogP contribution >= 0.6 is 0 Å². The fraction of sp³-hybridized carbons (Fsp3) is 0.300. The van der Waals surface area contributed by atoms with Gasteiger partial charge in [-0.1, -0.05) is 44.2 Å². The second-order valence-corrected chi connectivity index (χ2v) is 6.76. The molecule has 5 heteroatoms. The SMILES string of the molecule is CC(C)(CC(=O)O)CC(=O)Nc1ccc(OCc2ccccc2)cc1. The summed E-state index contributed by atoms with van der Waals surface area (Å²) in [7, 11) is 0. The third-order valence-electron chi connectivity index (χ3n) is 3.66. The largest absolute Gasteiger partial charge is 0.489 e. The molecular weight excluding hydrogens is 318 g/mol. The van der Waals surface area contributed by atoms with Gasteiger partial charge in [-0.25, -0.2) is 0 Å². The third-order valence-corrected chi connectivity index (χ3v) is 3.66. The molecule has 2 aromatic rings. The Morgan fingerprint density at radius 2 is 1.64 bits per heavy atom. The van der Waals surface area contributed by atoms with E-state index in [9.17, 15) is 9.59 Å². The lowest BCUT2D eigenvalue weighted by atomic mass is 9.85. The summed E-state index contributed by atoms with van der Waals surface area (Å²) in [5, 5.41) is 11.7. The van der Waals surface area contributed by atoms with Gasteiger partial charge in [0.2, 0.25) is 5.91 Å². The molecule has 0 fully saturated rings. The maximum atomic E-state index is 12.1. The van der Waals surface area contributed by atoms with E-state index < -0.39 is 11.4 Å². The number of carboxylic acids is 1. The number of benzene rings is 2. The van der Waals surface area contributed by atoms with Gasteiger partial charge in [0, 0.05) is 12.1 Å². The summed E-state index contributed by atoms with van der Waals surface area (Å²) in [4.78, 5) is 22.9. The molecule has 0 saturated carbocycles. The van der Waals surface area contributed by atoms with Crippen LogP contribution in [-0.2, 0) is 16.2 Å². The van der Waals surface area contributed by atoms with Crippen molar-refractivity contribution in [2.24, 2.45) is 5.41 Å². The van der Waals surface area contributed by atoms with E-state index in [0.29, 0.717) is 18.0 Å². The number of hydrogen-bond acceptors (Lipinski definition) is 3. The van der Waals surface area contributed by atoms with Gasteiger partial charge in [-0.2, -0.15) is 0 Å². The molecule has 0 aliphatic carbocycles. The predicted molar refractivity (Wildman–Crippen MR) is 96.5 cm³/mol. The zero-order chi connectivity index (χ0) is 18.3. The van der Waals surface area contributed by atoms with E-state index in [1.807, 2.05) is 30.3 Å². The van der Waals surface area contributed by atoms with Crippen LogP contribution in [0.25, 0.3) is 0 Å². The number of anilines is 1. The van der Waals surface area contributed by atoms with E-state index >= 15 is 0 Å². The van der Waals surface area contributed by atoms with Crippen molar-refractivity contribution >= 4 is 17.6 Å². The first kappa shape index (κ1) is 18.5. The van der Waals surface area contributed by atoms with Crippen molar-refractivity contribution in [1.82, 2.24) is 0 Å². The fourth-order valence-corrected chi connectivity index (χ4v) is 2.49. The van der Waals surface area contributed by atoms with Gasteiger partial charge in [0.15, 0.2) is 0 Å². The number of hydrogen-bond donors (Lipinski definition) is 2. The average Bonchev–Trinajstić information content (AvgIpc) is 2.53. The number of aliphatic carboxylic acids is 1. The summed E-state index contributed by atoms with van der Waals surface area (Å²) >= 11 is 0. The molecule has 132 valence electrons. The molecule has 0 spiro atoms. The van der Waals surface area contributed by atoms with Crippen LogP contribution in [0.4, 0.5) is 5.69 Å².